The quantitative estimate of drug-likeness (QED) is 0.835. The highest BCUT2D eigenvalue weighted by Crippen LogP contribution is 2.22. The third-order valence-corrected chi connectivity index (χ3v) is 5.02. The van der Waals surface area contributed by atoms with Crippen LogP contribution in [-0.2, 0) is 6.54 Å². The van der Waals surface area contributed by atoms with Crippen LogP contribution < -0.4 is 5.32 Å². The molecule has 1 fully saturated rings. The van der Waals surface area contributed by atoms with Gasteiger partial charge in [-0.2, -0.15) is 0 Å². The van der Waals surface area contributed by atoms with Gasteiger partial charge >= 0.3 is 0 Å². The fourth-order valence-corrected chi connectivity index (χ4v) is 3.65. The number of nitrogens with zero attached hydrogens (tertiary/aromatic N) is 2. The number of benzene rings is 1. The lowest BCUT2D eigenvalue weighted by molar-refractivity contribution is 0.0908. The molecule has 0 unspecified atom stereocenters. The molecule has 2 aromatic rings. The van der Waals surface area contributed by atoms with E-state index in [1.807, 2.05) is 30.5 Å². The molecule has 1 saturated heterocycles. The first-order chi connectivity index (χ1) is 11.6. The summed E-state index contributed by atoms with van der Waals surface area (Å²) in [5.41, 5.74) is 1.61. The number of rotatable bonds is 4. The van der Waals surface area contributed by atoms with E-state index in [1.54, 1.807) is 12.1 Å². The molecular weight excluding hydrogens is 390 g/mol. The van der Waals surface area contributed by atoms with Crippen molar-refractivity contribution < 1.29 is 4.79 Å². The summed E-state index contributed by atoms with van der Waals surface area (Å²) >= 11 is 9.50. The van der Waals surface area contributed by atoms with Crippen LogP contribution in [0.1, 0.15) is 28.9 Å². The molecule has 1 amide bonds. The maximum atomic E-state index is 12.4. The zero-order valence-electron chi connectivity index (χ0n) is 13.2. The number of carbonyl (C=O) groups is 1. The van der Waals surface area contributed by atoms with E-state index in [0.29, 0.717) is 10.6 Å². The maximum absolute atomic E-state index is 12.4. The van der Waals surface area contributed by atoms with E-state index in [9.17, 15) is 4.79 Å². The molecule has 0 aliphatic carbocycles. The van der Waals surface area contributed by atoms with E-state index in [1.165, 1.54) is 0 Å². The smallest absolute Gasteiger partial charge is 0.253 e. The fourth-order valence-electron chi connectivity index (χ4n) is 2.89. The van der Waals surface area contributed by atoms with Gasteiger partial charge in [-0.25, -0.2) is 0 Å². The fraction of sp³-hybridized carbons (Fsp3) is 0.333. The lowest BCUT2D eigenvalue weighted by atomic mass is 10.0. The van der Waals surface area contributed by atoms with Crippen LogP contribution in [0.25, 0.3) is 0 Å². The second-order valence-corrected chi connectivity index (χ2v) is 7.29. The van der Waals surface area contributed by atoms with Crippen LogP contribution in [0.2, 0.25) is 5.02 Å². The van der Waals surface area contributed by atoms with Crippen molar-refractivity contribution in [3.63, 3.8) is 0 Å². The van der Waals surface area contributed by atoms with Crippen LogP contribution in [0.15, 0.2) is 47.1 Å². The summed E-state index contributed by atoms with van der Waals surface area (Å²) in [6.07, 6.45) is 3.70. The van der Waals surface area contributed by atoms with Crippen molar-refractivity contribution in [1.82, 2.24) is 15.2 Å². The van der Waals surface area contributed by atoms with Gasteiger partial charge in [0.1, 0.15) is 0 Å². The second kappa shape index (κ2) is 8.10. The number of amides is 1. The van der Waals surface area contributed by atoms with Crippen molar-refractivity contribution in [2.75, 3.05) is 13.1 Å². The lowest BCUT2D eigenvalue weighted by Crippen LogP contribution is -2.44. The van der Waals surface area contributed by atoms with Crippen molar-refractivity contribution in [3.05, 3.63) is 63.3 Å². The Morgan fingerprint density at radius 1 is 1.29 bits per heavy atom. The highest BCUT2D eigenvalue weighted by Gasteiger charge is 2.22. The molecule has 0 atom stereocenters. The van der Waals surface area contributed by atoms with Crippen LogP contribution in [-0.4, -0.2) is 34.9 Å². The zero-order valence-corrected chi connectivity index (χ0v) is 15.6. The Balaban J connectivity index is 1.51. The van der Waals surface area contributed by atoms with E-state index >= 15 is 0 Å². The van der Waals surface area contributed by atoms with E-state index in [4.69, 9.17) is 11.6 Å². The van der Waals surface area contributed by atoms with Gasteiger partial charge in [-0.3, -0.25) is 14.7 Å². The molecule has 0 spiro atoms. The molecule has 2 heterocycles. The summed E-state index contributed by atoms with van der Waals surface area (Å²) in [5, 5.41) is 3.57. The molecule has 24 heavy (non-hydrogen) atoms. The molecule has 1 aliphatic heterocycles. The van der Waals surface area contributed by atoms with Crippen LogP contribution in [0.3, 0.4) is 0 Å². The van der Waals surface area contributed by atoms with Gasteiger partial charge in [0, 0.05) is 36.3 Å². The van der Waals surface area contributed by atoms with Gasteiger partial charge in [0.25, 0.3) is 5.91 Å². The Morgan fingerprint density at radius 2 is 2.08 bits per heavy atom. The van der Waals surface area contributed by atoms with Crippen molar-refractivity contribution in [2.45, 2.75) is 25.4 Å². The van der Waals surface area contributed by atoms with E-state index in [2.05, 4.69) is 31.1 Å². The third kappa shape index (κ3) is 4.56. The average molecular weight is 409 g/mol. The molecule has 0 saturated carbocycles. The SMILES string of the molecule is O=C(NC1CCN(Cc2ccccn2)CC1)c1ccc(Br)cc1Cl. The van der Waals surface area contributed by atoms with E-state index in [0.717, 1.165) is 42.6 Å². The Kier molecular flexibility index (Phi) is 5.87. The molecule has 3 rings (SSSR count). The lowest BCUT2D eigenvalue weighted by Gasteiger charge is -2.32. The van der Waals surface area contributed by atoms with Crippen molar-refractivity contribution in [2.24, 2.45) is 0 Å². The van der Waals surface area contributed by atoms with E-state index in [-0.39, 0.29) is 11.9 Å². The highest BCUT2D eigenvalue weighted by atomic mass is 79.9. The summed E-state index contributed by atoms with van der Waals surface area (Å²) in [5.74, 6) is -0.101. The van der Waals surface area contributed by atoms with Gasteiger partial charge in [0.05, 0.1) is 16.3 Å². The Bertz CT molecular complexity index is 703. The highest BCUT2D eigenvalue weighted by molar-refractivity contribution is 9.10. The number of halogens is 2. The van der Waals surface area contributed by atoms with Gasteiger partial charge in [0.15, 0.2) is 0 Å². The molecule has 1 aliphatic rings. The second-order valence-electron chi connectivity index (χ2n) is 5.97. The summed E-state index contributed by atoms with van der Waals surface area (Å²) in [4.78, 5) is 19.1. The molecule has 4 nitrogen and oxygen atoms in total. The number of aromatic nitrogens is 1. The van der Waals surface area contributed by atoms with Gasteiger partial charge in [-0.1, -0.05) is 33.6 Å². The van der Waals surface area contributed by atoms with Gasteiger partial charge in [0.2, 0.25) is 0 Å². The number of hydrogen-bond donors (Lipinski definition) is 1. The zero-order chi connectivity index (χ0) is 16.9. The molecule has 6 heteroatoms. The first kappa shape index (κ1) is 17.4. The first-order valence-corrected chi connectivity index (χ1v) is 9.17. The molecule has 1 aromatic carbocycles. The number of likely N-dealkylation sites (tertiary alicyclic amines) is 1. The number of carbonyl (C=O) groups excluding carboxylic acids is 1. The minimum absolute atomic E-state index is 0.101. The number of nitrogens with one attached hydrogen (secondary N) is 1. The predicted molar refractivity (Wildman–Crippen MR) is 99.2 cm³/mol. The summed E-state index contributed by atoms with van der Waals surface area (Å²) in [7, 11) is 0. The van der Waals surface area contributed by atoms with Crippen LogP contribution in [0.5, 0.6) is 0 Å². The maximum Gasteiger partial charge on any atom is 0.253 e. The Hall–Kier alpha value is -1.43. The molecule has 1 aromatic heterocycles. The number of pyridine rings is 1. The molecule has 126 valence electrons. The van der Waals surface area contributed by atoms with Crippen molar-refractivity contribution in [1.29, 1.82) is 0 Å². The monoisotopic (exact) mass is 407 g/mol. The largest absolute Gasteiger partial charge is 0.349 e. The molecule has 1 N–H and O–H groups in total. The predicted octanol–water partition coefficient (Wildman–Crippen LogP) is 3.89. The normalized spacial score (nSPS) is 16.1. The van der Waals surface area contributed by atoms with E-state index < -0.39 is 0 Å². The molecule has 0 bridgehead atoms. The minimum Gasteiger partial charge on any atom is -0.349 e. The van der Waals surface area contributed by atoms with Crippen LogP contribution >= 0.6 is 27.5 Å². The summed E-state index contributed by atoms with van der Waals surface area (Å²) < 4.78 is 0.867. The summed E-state index contributed by atoms with van der Waals surface area (Å²) in [6.45, 7) is 2.77. The minimum atomic E-state index is -0.101. The van der Waals surface area contributed by atoms with Crippen LogP contribution in [0, 0.1) is 0 Å². The molecular formula is C18H19BrClN3O. The van der Waals surface area contributed by atoms with Gasteiger partial charge in [-0.05, 0) is 43.2 Å². The summed E-state index contributed by atoms with van der Waals surface area (Å²) in [6, 6.07) is 11.5. The van der Waals surface area contributed by atoms with Crippen molar-refractivity contribution >= 4 is 33.4 Å². The molecule has 0 radical (unpaired) electrons. The standard InChI is InChI=1S/C18H19BrClN3O/c19-13-4-5-16(17(20)11-13)18(24)22-14-6-9-23(10-7-14)12-15-3-1-2-8-21-15/h1-5,8,11,14H,6-7,9-10,12H2,(H,22,24). The van der Waals surface area contributed by atoms with Crippen molar-refractivity contribution in [3.8, 4) is 0 Å². The first-order valence-electron chi connectivity index (χ1n) is 8.00. The van der Waals surface area contributed by atoms with Gasteiger partial charge < -0.3 is 5.32 Å². The van der Waals surface area contributed by atoms with Gasteiger partial charge in [-0.15, -0.1) is 0 Å². The topological polar surface area (TPSA) is 45.2 Å². The Labute approximate surface area is 155 Å². The van der Waals surface area contributed by atoms with Crippen LogP contribution in [0.4, 0.5) is 0 Å². The average Bonchev–Trinajstić information content (AvgIpc) is 2.57. The number of hydrogen-bond acceptors (Lipinski definition) is 3. The third-order valence-electron chi connectivity index (χ3n) is 4.21. The number of piperidine rings is 1. The Morgan fingerprint density at radius 3 is 2.75 bits per heavy atom.